The zero-order valence-electron chi connectivity index (χ0n) is 13.5. The molecule has 0 aliphatic carbocycles. The lowest BCUT2D eigenvalue weighted by molar-refractivity contribution is 0.0288. The molecule has 1 aliphatic heterocycles. The van der Waals surface area contributed by atoms with Gasteiger partial charge in [-0.2, -0.15) is 5.26 Å². The standard InChI is InChI=1S/C16H19N5O2/c1-16(2,3)23-15(22)20-7-6-12(10-20)21-14-8-11(9-17)4-5-13(14)18-19-21/h4-5,8,12H,6-7,10H2,1-3H3. The number of rotatable bonds is 1. The summed E-state index contributed by atoms with van der Waals surface area (Å²) in [6, 6.07) is 7.47. The number of likely N-dealkylation sites (tertiary alicyclic amines) is 1. The van der Waals surface area contributed by atoms with Gasteiger partial charge in [-0.3, -0.25) is 0 Å². The van der Waals surface area contributed by atoms with Crippen LogP contribution in [0.5, 0.6) is 0 Å². The van der Waals surface area contributed by atoms with Gasteiger partial charge in [0, 0.05) is 13.1 Å². The molecule has 0 saturated carbocycles. The molecular formula is C16H19N5O2. The van der Waals surface area contributed by atoms with Crippen LogP contribution in [0.15, 0.2) is 18.2 Å². The van der Waals surface area contributed by atoms with Crippen molar-refractivity contribution in [1.29, 1.82) is 5.26 Å². The highest BCUT2D eigenvalue weighted by molar-refractivity contribution is 5.76. The maximum Gasteiger partial charge on any atom is 0.410 e. The van der Waals surface area contributed by atoms with Crippen LogP contribution < -0.4 is 0 Å². The van der Waals surface area contributed by atoms with Crippen molar-refractivity contribution in [3.63, 3.8) is 0 Å². The van der Waals surface area contributed by atoms with Gasteiger partial charge < -0.3 is 9.64 Å². The molecule has 1 aliphatic rings. The fourth-order valence-electron chi connectivity index (χ4n) is 2.71. The number of benzene rings is 1. The summed E-state index contributed by atoms with van der Waals surface area (Å²) in [5.41, 5.74) is 1.64. The second-order valence-electron chi connectivity index (χ2n) is 6.72. The number of carbonyl (C=O) groups is 1. The lowest BCUT2D eigenvalue weighted by Gasteiger charge is -2.24. The summed E-state index contributed by atoms with van der Waals surface area (Å²) in [6.07, 6.45) is 0.483. The van der Waals surface area contributed by atoms with Crippen molar-refractivity contribution in [2.24, 2.45) is 0 Å². The number of nitriles is 1. The largest absolute Gasteiger partial charge is 0.444 e. The first-order chi connectivity index (χ1) is 10.9. The van der Waals surface area contributed by atoms with Crippen LogP contribution in [-0.4, -0.2) is 44.7 Å². The Morgan fingerprint density at radius 1 is 1.43 bits per heavy atom. The normalized spacial score (nSPS) is 18.2. The van der Waals surface area contributed by atoms with Gasteiger partial charge in [0.2, 0.25) is 0 Å². The summed E-state index contributed by atoms with van der Waals surface area (Å²) in [4.78, 5) is 13.8. The van der Waals surface area contributed by atoms with Crippen molar-refractivity contribution >= 4 is 17.1 Å². The molecule has 0 N–H and O–H groups in total. The van der Waals surface area contributed by atoms with Crippen LogP contribution in [0.2, 0.25) is 0 Å². The van der Waals surface area contributed by atoms with Crippen LogP contribution in [0, 0.1) is 11.3 Å². The molecule has 0 spiro atoms. The topological polar surface area (TPSA) is 84.0 Å². The van der Waals surface area contributed by atoms with E-state index in [2.05, 4.69) is 16.4 Å². The fourth-order valence-corrected chi connectivity index (χ4v) is 2.71. The third kappa shape index (κ3) is 3.11. The van der Waals surface area contributed by atoms with E-state index in [1.54, 1.807) is 27.8 Å². The molecule has 2 aromatic rings. The number of fused-ring (bicyclic) bond motifs is 1. The van der Waals surface area contributed by atoms with E-state index in [-0.39, 0.29) is 12.1 Å². The van der Waals surface area contributed by atoms with Crippen molar-refractivity contribution in [2.45, 2.75) is 38.8 Å². The lowest BCUT2D eigenvalue weighted by Crippen LogP contribution is -2.35. The molecule has 1 fully saturated rings. The SMILES string of the molecule is CC(C)(C)OC(=O)N1CCC(n2nnc3ccc(C#N)cc32)C1. The molecule has 7 nitrogen and oxygen atoms in total. The van der Waals surface area contributed by atoms with Crippen LogP contribution in [0.1, 0.15) is 38.8 Å². The van der Waals surface area contributed by atoms with Gasteiger partial charge in [0.25, 0.3) is 0 Å². The molecule has 0 bridgehead atoms. The number of carbonyl (C=O) groups excluding carboxylic acids is 1. The van der Waals surface area contributed by atoms with Crippen molar-refractivity contribution in [3.8, 4) is 6.07 Å². The molecule has 1 atom stereocenters. The minimum atomic E-state index is -0.503. The lowest BCUT2D eigenvalue weighted by atomic mass is 10.2. The summed E-state index contributed by atoms with van der Waals surface area (Å²) >= 11 is 0. The highest BCUT2D eigenvalue weighted by Gasteiger charge is 2.31. The van der Waals surface area contributed by atoms with Gasteiger partial charge in [-0.1, -0.05) is 5.21 Å². The second-order valence-corrected chi connectivity index (χ2v) is 6.72. The van der Waals surface area contributed by atoms with E-state index in [0.717, 1.165) is 17.5 Å². The quantitative estimate of drug-likeness (QED) is 0.807. The van der Waals surface area contributed by atoms with E-state index in [9.17, 15) is 4.79 Å². The number of amides is 1. The number of hydrogen-bond acceptors (Lipinski definition) is 5. The first-order valence-corrected chi connectivity index (χ1v) is 7.60. The second kappa shape index (κ2) is 5.54. The van der Waals surface area contributed by atoms with Gasteiger partial charge in [0.15, 0.2) is 0 Å². The maximum atomic E-state index is 12.2. The first-order valence-electron chi connectivity index (χ1n) is 7.60. The Balaban J connectivity index is 1.79. The maximum absolute atomic E-state index is 12.2. The van der Waals surface area contributed by atoms with E-state index in [1.807, 2.05) is 20.8 Å². The van der Waals surface area contributed by atoms with Gasteiger partial charge in [0.05, 0.1) is 23.2 Å². The zero-order chi connectivity index (χ0) is 16.6. The van der Waals surface area contributed by atoms with Crippen LogP contribution in [-0.2, 0) is 4.74 Å². The molecule has 1 saturated heterocycles. The van der Waals surface area contributed by atoms with Crippen LogP contribution in [0.4, 0.5) is 4.79 Å². The average Bonchev–Trinajstić information content (AvgIpc) is 3.11. The van der Waals surface area contributed by atoms with Gasteiger partial charge in [-0.15, -0.1) is 5.10 Å². The first kappa shape index (κ1) is 15.3. The summed E-state index contributed by atoms with van der Waals surface area (Å²) in [5, 5.41) is 17.4. The van der Waals surface area contributed by atoms with E-state index >= 15 is 0 Å². The molecule has 3 rings (SSSR count). The molecule has 1 aromatic carbocycles. The summed E-state index contributed by atoms with van der Waals surface area (Å²) in [7, 11) is 0. The highest BCUT2D eigenvalue weighted by Crippen LogP contribution is 2.26. The third-order valence-electron chi connectivity index (χ3n) is 3.76. The zero-order valence-corrected chi connectivity index (χ0v) is 13.5. The Hall–Kier alpha value is -2.62. The predicted octanol–water partition coefficient (Wildman–Crippen LogP) is 2.48. The van der Waals surface area contributed by atoms with Gasteiger partial charge >= 0.3 is 6.09 Å². The number of nitrogens with zero attached hydrogens (tertiary/aromatic N) is 5. The van der Waals surface area contributed by atoms with Crippen molar-refractivity contribution in [2.75, 3.05) is 13.1 Å². The summed E-state index contributed by atoms with van der Waals surface area (Å²) < 4.78 is 7.22. The minimum absolute atomic E-state index is 0.0430. The van der Waals surface area contributed by atoms with E-state index in [1.165, 1.54) is 0 Å². The van der Waals surface area contributed by atoms with Crippen LogP contribution >= 0.6 is 0 Å². The Labute approximate surface area is 134 Å². The Morgan fingerprint density at radius 2 is 2.22 bits per heavy atom. The molecule has 7 heteroatoms. The number of ether oxygens (including phenoxy) is 1. The summed E-state index contributed by atoms with van der Waals surface area (Å²) in [6.45, 7) is 6.72. The minimum Gasteiger partial charge on any atom is -0.444 e. The molecule has 1 unspecified atom stereocenters. The molecular weight excluding hydrogens is 294 g/mol. The van der Waals surface area contributed by atoms with Gasteiger partial charge in [-0.25, -0.2) is 9.48 Å². The smallest absolute Gasteiger partial charge is 0.410 e. The monoisotopic (exact) mass is 313 g/mol. The van der Waals surface area contributed by atoms with Crippen LogP contribution in [0.3, 0.4) is 0 Å². The average molecular weight is 313 g/mol. The Kier molecular flexibility index (Phi) is 3.68. The molecule has 1 amide bonds. The van der Waals surface area contributed by atoms with Gasteiger partial charge in [0.1, 0.15) is 11.1 Å². The molecule has 120 valence electrons. The number of aromatic nitrogens is 3. The third-order valence-corrected chi connectivity index (χ3v) is 3.76. The fraction of sp³-hybridized carbons (Fsp3) is 0.500. The Bertz CT molecular complexity index is 784. The molecule has 2 heterocycles. The predicted molar refractivity (Wildman–Crippen MR) is 83.7 cm³/mol. The van der Waals surface area contributed by atoms with E-state index < -0.39 is 5.60 Å². The molecule has 23 heavy (non-hydrogen) atoms. The Morgan fingerprint density at radius 3 is 2.91 bits per heavy atom. The number of hydrogen-bond donors (Lipinski definition) is 0. The molecule has 1 aromatic heterocycles. The van der Waals surface area contributed by atoms with E-state index in [4.69, 9.17) is 10.00 Å². The summed E-state index contributed by atoms with van der Waals surface area (Å²) in [5.74, 6) is 0. The van der Waals surface area contributed by atoms with Crippen molar-refractivity contribution in [3.05, 3.63) is 23.8 Å². The highest BCUT2D eigenvalue weighted by atomic mass is 16.6. The molecule has 0 radical (unpaired) electrons. The van der Waals surface area contributed by atoms with E-state index in [0.29, 0.717) is 18.7 Å². The van der Waals surface area contributed by atoms with Crippen molar-refractivity contribution < 1.29 is 9.53 Å². The van der Waals surface area contributed by atoms with Gasteiger partial charge in [-0.05, 0) is 45.4 Å². The van der Waals surface area contributed by atoms with Crippen molar-refractivity contribution in [1.82, 2.24) is 19.9 Å². The van der Waals surface area contributed by atoms with Crippen LogP contribution in [0.25, 0.3) is 11.0 Å².